The fourth-order valence-electron chi connectivity index (χ4n) is 2.24. The fourth-order valence-corrected chi connectivity index (χ4v) is 2.52. The predicted molar refractivity (Wildman–Crippen MR) is 68.4 cm³/mol. The van der Waals surface area contributed by atoms with Crippen LogP contribution in [0.4, 0.5) is 5.69 Å². The summed E-state index contributed by atoms with van der Waals surface area (Å²) >= 11 is 6.10. The SMILES string of the molecule is OC1COc2cccc(N3CCNC(Cl)C3)c2O1. The molecule has 1 fully saturated rings. The molecule has 2 aliphatic heterocycles. The average Bonchev–Trinajstić information content (AvgIpc) is 2.38. The average molecular weight is 271 g/mol. The Morgan fingerprint density at radius 2 is 2.33 bits per heavy atom. The monoisotopic (exact) mass is 270 g/mol. The molecule has 2 unspecified atom stereocenters. The highest BCUT2D eigenvalue weighted by atomic mass is 35.5. The van der Waals surface area contributed by atoms with E-state index in [1.165, 1.54) is 0 Å². The maximum absolute atomic E-state index is 9.53. The van der Waals surface area contributed by atoms with Crippen molar-refractivity contribution in [2.24, 2.45) is 0 Å². The number of aliphatic hydroxyl groups is 1. The first-order valence-electron chi connectivity index (χ1n) is 5.97. The molecule has 2 aliphatic rings. The Bertz CT molecular complexity index is 443. The molecule has 0 radical (unpaired) electrons. The number of ether oxygens (including phenoxy) is 2. The Hall–Kier alpha value is -1.17. The van der Waals surface area contributed by atoms with Gasteiger partial charge in [0.05, 0.1) is 5.69 Å². The lowest BCUT2D eigenvalue weighted by Gasteiger charge is -2.35. The lowest BCUT2D eigenvalue weighted by Crippen LogP contribution is -2.48. The summed E-state index contributed by atoms with van der Waals surface area (Å²) < 4.78 is 10.9. The highest BCUT2D eigenvalue weighted by Gasteiger charge is 2.26. The van der Waals surface area contributed by atoms with Crippen molar-refractivity contribution in [3.63, 3.8) is 0 Å². The second-order valence-electron chi connectivity index (χ2n) is 4.36. The normalized spacial score (nSPS) is 27.1. The van der Waals surface area contributed by atoms with Gasteiger partial charge < -0.3 is 19.5 Å². The minimum atomic E-state index is -0.909. The van der Waals surface area contributed by atoms with Crippen LogP contribution in [0.15, 0.2) is 18.2 Å². The van der Waals surface area contributed by atoms with Crippen LogP contribution < -0.4 is 19.7 Å². The Kier molecular flexibility index (Phi) is 3.20. The molecule has 0 saturated carbocycles. The summed E-state index contributed by atoms with van der Waals surface area (Å²) in [6.07, 6.45) is -0.909. The third-order valence-corrected chi connectivity index (χ3v) is 3.35. The van der Waals surface area contributed by atoms with E-state index in [0.29, 0.717) is 18.0 Å². The number of hydrogen-bond donors (Lipinski definition) is 2. The number of alkyl halides is 1. The van der Waals surface area contributed by atoms with Gasteiger partial charge in [0.2, 0.25) is 6.29 Å². The molecule has 2 N–H and O–H groups in total. The lowest BCUT2D eigenvalue weighted by molar-refractivity contribution is -0.0666. The van der Waals surface area contributed by atoms with E-state index < -0.39 is 6.29 Å². The maximum Gasteiger partial charge on any atom is 0.232 e. The van der Waals surface area contributed by atoms with Gasteiger partial charge in [-0.15, -0.1) is 11.6 Å². The summed E-state index contributed by atoms with van der Waals surface area (Å²) in [6.45, 7) is 2.52. The predicted octanol–water partition coefficient (Wildman–Crippen LogP) is 0.751. The van der Waals surface area contributed by atoms with Crippen molar-refractivity contribution in [2.45, 2.75) is 11.8 Å². The number of benzene rings is 1. The van der Waals surface area contributed by atoms with Gasteiger partial charge in [-0.2, -0.15) is 0 Å². The van der Waals surface area contributed by atoms with Gasteiger partial charge in [-0.25, -0.2) is 0 Å². The van der Waals surface area contributed by atoms with Crippen LogP contribution in [0.5, 0.6) is 11.5 Å². The van der Waals surface area contributed by atoms with Gasteiger partial charge >= 0.3 is 0 Å². The first kappa shape index (κ1) is 11.9. The molecule has 1 aromatic rings. The largest absolute Gasteiger partial charge is 0.483 e. The second-order valence-corrected chi connectivity index (χ2v) is 4.88. The molecule has 2 atom stereocenters. The van der Waals surface area contributed by atoms with Crippen molar-refractivity contribution in [1.82, 2.24) is 5.32 Å². The number of rotatable bonds is 1. The topological polar surface area (TPSA) is 54.0 Å². The van der Waals surface area contributed by atoms with Crippen LogP contribution in [-0.2, 0) is 0 Å². The van der Waals surface area contributed by atoms with E-state index in [0.717, 1.165) is 18.8 Å². The van der Waals surface area contributed by atoms with Crippen LogP contribution in [0.25, 0.3) is 0 Å². The molecule has 1 saturated heterocycles. The summed E-state index contributed by atoms with van der Waals surface area (Å²) in [5, 5.41) is 12.7. The Morgan fingerprint density at radius 1 is 1.44 bits per heavy atom. The zero-order valence-electron chi connectivity index (χ0n) is 9.80. The number of halogens is 1. The fraction of sp³-hybridized carbons (Fsp3) is 0.500. The van der Waals surface area contributed by atoms with E-state index in [4.69, 9.17) is 21.1 Å². The van der Waals surface area contributed by atoms with E-state index in [2.05, 4.69) is 10.2 Å². The Labute approximate surface area is 110 Å². The quantitative estimate of drug-likeness (QED) is 0.583. The first-order chi connectivity index (χ1) is 8.74. The van der Waals surface area contributed by atoms with Gasteiger partial charge in [-0.3, -0.25) is 5.32 Å². The van der Waals surface area contributed by atoms with Gasteiger partial charge in [-0.05, 0) is 12.1 Å². The van der Waals surface area contributed by atoms with Crippen molar-refractivity contribution in [1.29, 1.82) is 0 Å². The zero-order valence-corrected chi connectivity index (χ0v) is 10.6. The highest BCUT2D eigenvalue weighted by Crippen LogP contribution is 2.40. The van der Waals surface area contributed by atoms with Gasteiger partial charge in [0.1, 0.15) is 5.50 Å². The van der Waals surface area contributed by atoms with Gasteiger partial charge in [-0.1, -0.05) is 6.07 Å². The molecule has 0 aromatic heterocycles. The number of piperazine rings is 1. The summed E-state index contributed by atoms with van der Waals surface area (Å²) in [4.78, 5) is 2.13. The smallest absolute Gasteiger partial charge is 0.232 e. The van der Waals surface area contributed by atoms with Crippen molar-refractivity contribution >= 4 is 17.3 Å². The molecule has 3 rings (SSSR count). The molecule has 0 amide bonds. The maximum atomic E-state index is 9.53. The number of fused-ring (bicyclic) bond motifs is 1. The molecule has 2 heterocycles. The van der Waals surface area contributed by atoms with Gasteiger partial charge in [0.15, 0.2) is 18.1 Å². The van der Waals surface area contributed by atoms with Crippen LogP contribution in [0, 0.1) is 0 Å². The van der Waals surface area contributed by atoms with Crippen molar-refractivity contribution in [3.05, 3.63) is 18.2 Å². The van der Waals surface area contributed by atoms with Crippen LogP contribution in [0.1, 0.15) is 0 Å². The van der Waals surface area contributed by atoms with E-state index in [1.807, 2.05) is 18.2 Å². The number of nitrogens with zero attached hydrogens (tertiary/aromatic N) is 1. The highest BCUT2D eigenvalue weighted by molar-refractivity contribution is 6.20. The molecule has 1 aromatic carbocycles. The summed E-state index contributed by atoms with van der Waals surface area (Å²) in [6, 6.07) is 5.71. The number of nitrogens with one attached hydrogen (secondary N) is 1. The minimum absolute atomic E-state index is 0.0796. The zero-order chi connectivity index (χ0) is 12.5. The number of para-hydroxylation sites is 1. The molecule has 6 heteroatoms. The first-order valence-corrected chi connectivity index (χ1v) is 6.40. The van der Waals surface area contributed by atoms with Crippen molar-refractivity contribution in [3.8, 4) is 11.5 Å². The number of anilines is 1. The Balaban J connectivity index is 1.92. The lowest BCUT2D eigenvalue weighted by atomic mass is 10.2. The molecular formula is C12H15ClN2O3. The van der Waals surface area contributed by atoms with E-state index in [1.54, 1.807) is 0 Å². The van der Waals surface area contributed by atoms with Crippen LogP contribution in [0.3, 0.4) is 0 Å². The molecule has 5 nitrogen and oxygen atoms in total. The molecule has 98 valence electrons. The van der Waals surface area contributed by atoms with Crippen LogP contribution in [0.2, 0.25) is 0 Å². The van der Waals surface area contributed by atoms with E-state index in [-0.39, 0.29) is 12.1 Å². The molecule has 0 bridgehead atoms. The standard InChI is InChI=1S/C12H15ClN2O3/c13-10-6-15(5-4-14-10)8-2-1-3-9-12(8)18-11(16)7-17-9/h1-3,10-11,14,16H,4-7H2. The third kappa shape index (κ3) is 2.21. The molecular weight excluding hydrogens is 256 g/mol. The molecule has 18 heavy (non-hydrogen) atoms. The van der Waals surface area contributed by atoms with Crippen LogP contribution in [-0.4, -0.2) is 43.1 Å². The molecule has 0 spiro atoms. The number of hydrogen-bond acceptors (Lipinski definition) is 5. The minimum Gasteiger partial charge on any atom is -0.483 e. The Morgan fingerprint density at radius 3 is 3.17 bits per heavy atom. The third-order valence-electron chi connectivity index (χ3n) is 3.06. The summed E-state index contributed by atoms with van der Waals surface area (Å²) in [5.41, 5.74) is 0.836. The second kappa shape index (κ2) is 4.84. The molecule has 0 aliphatic carbocycles. The van der Waals surface area contributed by atoms with E-state index >= 15 is 0 Å². The van der Waals surface area contributed by atoms with Crippen molar-refractivity contribution < 1.29 is 14.6 Å². The summed E-state index contributed by atoms with van der Waals surface area (Å²) in [7, 11) is 0. The number of aliphatic hydroxyl groups excluding tert-OH is 1. The summed E-state index contributed by atoms with van der Waals surface area (Å²) in [5.74, 6) is 1.27. The van der Waals surface area contributed by atoms with Gasteiger partial charge in [0, 0.05) is 19.6 Å². The van der Waals surface area contributed by atoms with Gasteiger partial charge in [0.25, 0.3) is 0 Å². The van der Waals surface area contributed by atoms with Crippen molar-refractivity contribution in [2.75, 3.05) is 31.1 Å². The van der Waals surface area contributed by atoms with Crippen LogP contribution >= 0.6 is 11.6 Å². The van der Waals surface area contributed by atoms with E-state index in [9.17, 15) is 5.11 Å².